The van der Waals surface area contributed by atoms with Gasteiger partial charge in [-0.05, 0) is 53.6 Å². The van der Waals surface area contributed by atoms with Crippen LogP contribution in [0.4, 0.5) is 4.79 Å². The molecule has 1 saturated heterocycles. The Bertz CT molecular complexity index is 1070. The normalized spacial score (nSPS) is 16.3. The number of carbonyl (C=O) groups excluding carboxylic acids is 3. The van der Waals surface area contributed by atoms with E-state index in [9.17, 15) is 19.5 Å². The highest BCUT2D eigenvalue weighted by molar-refractivity contribution is 8.18. The van der Waals surface area contributed by atoms with Crippen molar-refractivity contribution in [3.8, 4) is 17.2 Å². The summed E-state index contributed by atoms with van der Waals surface area (Å²) in [7, 11) is 0. The number of rotatable bonds is 7. The van der Waals surface area contributed by atoms with Gasteiger partial charge in [0.1, 0.15) is 5.75 Å². The number of nitrogens with one attached hydrogen (secondary N) is 1. The zero-order chi connectivity index (χ0) is 21.8. The summed E-state index contributed by atoms with van der Waals surface area (Å²) < 4.78 is 10.6. The number of hydrogen-bond acceptors (Lipinski definition) is 7. The van der Waals surface area contributed by atoms with E-state index in [2.05, 4.69) is 5.32 Å². The van der Waals surface area contributed by atoms with Crippen molar-refractivity contribution < 1.29 is 29.0 Å². The van der Waals surface area contributed by atoms with Gasteiger partial charge in [0.2, 0.25) is 12.7 Å². The maximum atomic E-state index is 12.6. The fraction of sp³-hybridized carbons (Fsp3) is 0.227. The van der Waals surface area contributed by atoms with Gasteiger partial charge < -0.3 is 19.9 Å². The Morgan fingerprint density at radius 3 is 2.81 bits per heavy atom. The third-order valence-corrected chi connectivity index (χ3v) is 5.75. The van der Waals surface area contributed by atoms with Crippen LogP contribution in [-0.2, 0) is 16.0 Å². The lowest BCUT2D eigenvalue weighted by molar-refractivity contribution is -0.124. The number of phenolic OH excluding ortho intramolecular Hbond substituents is 1. The minimum atomic E-state index is -0.392. The third kappa shape index (κ3) is 4.83. The zero-order valence-corrected chi connectivity index (χ0v) is 17.3. The van der Waals surface area contributed by atoms with Crippen LogP contribution in [0.1, 0.15) is 17.5 Å². The van der Waals surface area contributed by atoms with Crippen molar-refractivity contribution >= 4 is 34.9 Å². The van der Waals surface area contributed by atoms with Crippen LogP contribution in [0.5, 0.6) is 17.2 Å². The molecular formula is C22H20N2O6S. The molecule has 0 saturated carbocycles. The molecule has 0 spiro atoms. The van der Waals surface area contributed by atoms with E-state index < -0.39 is 5.91 Å². The number of aryl methyl sites for hydroxylation is 1. The van der Waals surface area contributed by atoms with Gasteiger partial charge in [0, 0.05) is 19.5 Å². The number of benzene rings is 2. The minimum Gasteiger partial charge on any atom is -0.508 e. The molecule has 0 atom stereocenters. The van der Waals surface area contributed by atoms with E-state index in [1.807, 2.05) is 0 Å². The molecule has 2 aliphatic rings. The Kier molecular flexibility index (Phi) is 6.13. The second-order valence-corrected chi connectivity index (χ2v) is 7.92. The quantitative estimate of drug-likeness (QED) is 0.638. The van der Waals surface area contributed by atoms with Crippen LogP contribution in [0.15, 0.2) is 47.4 Å². The summed E-state index contributed by atoms with van der Waals surface area (Å²) in [6.45, 7) is 0.411. The van der Waals surface area contributed by atoms with Crippen molar-refractivity contribution in [2.24, 2.45) is 0 Å². The number of carbonyl (C=O) groups is 3. The molecule has 2 aliphatic heterocycles. The number of imide groups is 1. The summed E-state index contributed by atoms with van der Waals surface area (Å²) in [4.78, 5) is 38.3. The van der Waals surface area contributed by atoms with Crippen LogP contribution in [0, 0.1) is 0 Å². The first-order valence-electron chi connectivity index (χ1n) is 9.70. The summed E-state index contributed by atoms with van der Waals surface area (Å²) in [6.07, 6.45) is 2.24. The molecule has 0 bridgehead atoms. The smallest absolute Gasteiger partial charge is 0.293 e. The fourth-order valence-corrected chi connectivity index (χ4v) is 4.08. The van der Waals surface area contributed by atoms with Crippen molar-refractivity contribution in [1.82, 2.24) is 10.2 Å². The van der Waals surface area contributed by atoms with Gasteiger partial charge in [-0.2, -0.15) is 0 Å². The van der Waals surface area contributed by atoms with Gasteiger partial charge in [0.05, 0.1) is 4.91 Å². The molecule has 0 radical (unpaired) electrons. The first kappa shape index (κ1) is 20.8. The van der Waals surface area contributed by atoms with Crippen molar-refractivity contribution in [3.63, 3.8) is 0 Å². The minimum absolute atomic E-state index is 0.0888. The number of para-hydroxylation sites is 1. The summed E-state index contributed by atoms with van der Waals surface area (Å²) in [6, 6.07) is 12.1. The maximum Gasteiger partial charge on any atom is 0.293 e. The van der Waals surface area contributed by atoms with Gasteiger partial charge >= 0.3 is 0 Å². The second-order valence-electron chi connectivity index (χ2n) is 6.92. The average Bonchev–Trinajstić information content (AvgIpc) is 3.32. The molecule has 0 unspecified atom stereocenters. The van der Waals surface area contributed by atoms with E-state index in [1.54, 1.807) is 48.5 Å². The topological polar surface area (TPSA) is 105 Å². The third-order valence-electron chi connectivity index (χ3n) is 4.84. The lowest BCUT2D eigenvalue weighted by atomic mass is 10.1. The molecule has 4 rings (SSSR count). The Labute approximate surface area is 182 Å². The van der Waals surface area contributed by atoms with Gasteiger partial charge in [-0.25, -0.2) is 0 Å². The van der Waals surface area contributed by atoms with Crippen molar-refractivity contribution in [2.45, 2.75) is 12.8 Å². The van der Waals surface area contributed by atoms with Gasteiger partial charge in [-0.3, -0.25) is 19.3 Å². The number of ether oxygens (including phenoxy) is 2. The summed E-state index contributed by atoms with van der Waals surface area (Å²) >= 11 is 0.864. The number of hydrogen-bond donors (Lipinski definition) is 2. The molecule has 3 amide bonds. The molecule has 0 aliphatic carbocycles. The van der Waals surface area contributed by atoms with E-state index in [-0.39, 0.29) is 43.2 Å². The van der Waals surface area contributed by atoms with Crippen LogP contribution in [0.2, 0.25) is 0 Å². The second kappa shape index (κ2) is 9.13. The lowest BCUT2D eigenvalue weighted by Crippen LogP contribution is -2.37. The number of nitrogens with zero attached hydrogens (tertiary/aromatic N) is 1. The highest BCUT2D eigenvalue weighted by Gasteiger charge is 2.34. The predicted octanol–water partition coefficient (Wildman–Crippen LogP) is 2.91. The molecule has 2 N–H and O–H groups in total. The van der Waals surface area contributed by atoms with Gasteiger partial charge in [0.25, 0.3) is 11.1 Å². The van der Waals surface area contributed by atoms with E-state index >= 15 is 0 Å². The Morgan fingerprint density at radius 1 is 1.16 bits per heavy atom. The number of thioether (sulfide) groups is 1. The Morgan fingerprint density at radius 2 is 1.97 bits per heavy atom. The van der Waals surface area contributed by atoms with Crippen molar-refractivity contribution in [3.05, 3.63) is 58.5 Å². The number of aromatic hydroxyl groups is 1. The fourth-order valence-electron chi connectivity index (χ4n) is 3.21. The first-order valence-corrected chi connectivity index (χ1v) is 10.5. The zero-order valence-electron chi connectivity index (χ0n) is 16.5. The van der Waals surface area contributed by atoms with E-state index in [4.69, 9.17) is 9.47 Å². The summed E-state index contributed by atoms with van der Waals surface area (Å²) in [5.41, 5.74) is 1.42. The van der Waals surface area contributed by atoms with E-state index in [0.29, 0.717) is 28.4 Å². The highest BCUT2D eigenvalue weighted by Crippen LogP contribution is 2.36. The van der Waals surface area contributed by atoms with Gasteiger partial charge in [0.15, 0.2) is 11.5 Å². The molecule has 9 heteroatoms. The molecule has 1 fully saturated rings. The number of fused-ring (bicyclic) bond motifs is 1. The van der Waals surface area contributed by atoms with Crippen molar-refractivity contribution in [1.29, 1.82) is 0 Å². The summed E-state index contributed by atoms with van der Waals surface area (Å²) in [5, 5.41) is 12.1. The maximum absolute atomic E-state index is 12.6. The standard InChI is InChI=1S/C22H20N2O6S/c25-16-4-2-1-3-15(16)6-8-20(26)23-9-10-24-21(27)19(31-22(24)28)12-14-5-7-17-18(11-14)30-13-29-17/h1-5,7,11-12,25H,6,8-10,13H2,(H,23,26)/b19-12-. The molecule has 160 valence electrons. The molecule has 0 aromatic heterocycles. The van der Waals surface area contributed by atoms with Crippen LogP contribution in [0.3, 0.4) is 0 Å². The van der Waals surface area contributed by atoms with Crippen LogP contribution in [-0.4, -0.2) is 46.9 Å². The lowest BCUT2D eigenvalue weighted by Gasteiger charge is -2.13. The molecule has 31 heavy (non-hydrogen) atoms. The van der Waals surface area contributed by atoms with Gasteiger partial charge in [-0.1, -0.05) is 24.3 Å². The number of phenols is 1. The molecular weight excluding hydrogens is 420 g/mol. The van der Waals surface area contributed by atoms with E-state index in [0.717, 1.165) is 22.2 Å². The number of amides is 3. The van der Waals surface area contributed by atoms with Crippen LogP contribution in [0.25, 0.3) is 6.08 Å². The van der Waals surface area contributed by atoms with Crippen LogP contribution >= 0.6 is 11.8 Å². The molecule has 2 aromatic carbocycles. The highest BCUT2D eigenvalue weighted by atomic mass is 32.2. The van der Waals surface area contributed by atoms with Crippen molar-refractivity contribution in [2.75, 3.05) is 19.9 Å². The Balaban J connectivity index is 1.28. The SMILES string of the molecule is O=C(CCc1ccccc1O)NCCN1C(=O)S/C(=C\c2ccc3c(c2)OCO3)C1=O. The average molecular weight is 440 g/mol. The Hall–Kier alpha value is -3.46. The molecule has 2 heterocycles. The largest absolute Gasteiger partial charge is 0.508 e. The van der Waals surface area contributed by atoms with E-state index in [1.165, 1.54) is 0 Å². The molecule has 8 nitrogen and oxygen atoms in total. The van der Waals surface area contributed by atoms with Crippen LogP contribution < -0.4 is 14.8 Å². The predicted molar refractivity (Wildman–Crippen MR) is 115 cm³/mol. The first-order chi connectivity index (χ1) is 15.0. The monoisotopic (exact) mass is 440 g/mol. The molecule has 2 aromatic rings. The summed E-state index contributed by atoms with van der Waals surface area (Å²) in [5.74, 6) is 0.785. The van der Waals surface area contributed by atoms with Gasteiger partial charge in [-0.15, -0.1) is 0 Å².